The van der Waals surface area contributed by atoms with Crippen LogP contribution < -0.4 is 5.32 Å². The van der Waals surface area contributed by atoms with Crippen LogP contribution in [0.4, 0.5) is 0 Å². The van der Waals surface area contributed by atoms with E-state index in [1.54, 1.807) is 0 Å². The molecule has 1 aliphatic heterocycles. The number of nitrogens with one attached hydrogen (secondary N) is 1. The van der Waals surface area contributed by atoms with E-state index in [2.05, 4.69) is 147 Å². The van der Waals surface area contributed by atoms with Crippen molar-refractivity contribution in [3.8, 4) is 11.1 Å². The Morgan fingerprint density at radius 1 is 0.774 bits per heavy atom. The summed E-state index contributed by atoms with van der Waals surface area (Å²) in [6.07, 6.45) is 14.1. The van der Waals surface area contributed by atoms with E-state index < -0.39 is 0 Å². The zero-order valence-electron chi connectivity index (χ0n) is 29.7. The van der Waals surface area contributed by atoms with E-state index in [9.17, 15) is 0 Å². The van der Waals surface area contributed by atoms with Crippen LogP contribution in [0, 0.1) is 5.92 Å². The number of nitrogens with zero attached hydrogens (tertiary/aromatic N) is 2. The lowest BCUT2D eigenvalue weighted by Gasteiger charge is -2.28. The maximum absolute atomic E-state index is 6.31. The molecule has 0 spiro atoms. The Bertz CT molecular complexity index is 2820. The number of amidine groups is 2. The molecule has 0 fully saturated rings. The molecular weight excluding hydrogens is 667 g/mol. The summed E-state index contributed by atoms with van der Waals surface area (Å²) in [4.78, 5) is 12.0. The highest BCUT2D eigenvalue weighted by Gasteiger charge is 2.37. The molecule has 7 aromatic rings. The summed E-state index contributed by atoms with van der Waals surface area (Å²) in [6.45, 7) is 4.72. The third-order valence-corrected chi connectivity index (χ3v) is 13.0. The van der Waals surface area contributed by atoms with Crippen molar-refractivity contribution in [1.82, 2.24) is 5.32 Å². The van der Waals surface area contributed by atoms with Crippen molar-refractivity contribution in [2.45, 2.75) is 44.7 Å². The number of furan rings is 1. The second-order valence-electron chi connectivity index (χ2n) is 15.3. The van der Waals surface area contributed by atoms with Gasteiger partial charge in [0.25, 0.3) is 0 Å². The van der Waals surface area contributed by atoms with Gasteiger partial charge in [0, 0.05) is 42.6 Å². The van der Waals surface area contributed by atoms with E-state index in [-0.39, 0.29) is 17.5 Å². The molecule has 3 heterocycles. The van der Waals surface area contributed by atoms with Gasteiger partial charge in [-0.25, -0.2) is 9.98 Å². The van der Waals surface area contributed by atoms with Gasteiger partial charge in [-0.05, 0) is 100 Å². The van der Waals surface area contributed by atoms with E-state index in [0.29, 0.717) is 0 Å². The van der Waals surface area contributed by atoms with Gasteiger partial charge in [0.05, 0.1) is 0 Å². The molecule has 0 saturated heterocycles. The summed E-state index contributed by atoms with van der Waals surface area (Å²) in [5, 5.41) is 7.37. The first-order chi connectivity index (χ1) is 26.0. The minimum absolute atomic E-state index is 0.0888. The summed E-state index contributed by atoms with van der Waals surface area (Å²) in [7, 11) is 0. The van der Waals surface area contributed by atoms with Gasteiger partial charge in [0.1, 0.15) is 22.8 Å². The van der Waals surface area contributed by atoms with Gasteiger partial charge in [-0.3, -0.25) is 0 Å². The van der Waals surface area contributed by atoms with Crippen LogP contribution in [0.2, 0.25) is 0 Å². The van der Waals surface area contributed by atoms with Crippen molar-refractivity contribution in [1.29, 1.82) is 0 Å². The van der Waals surface area contributed by atoms with Crippen LogP contribution >= 0.6 is 11.3 Å². The Morgan fingerprint density at radius 2 is 1.64 bits per heavy atom. The number of para-hydroxylation sites is 1. The average molecular weight is 704 g/mol. The number of hydrogen-bond donors (Lipinski definition) is 1. The molecule has 1 N–H and O–H groups in total. The molecule has 0 saturated carbocycles. The second kappa shape index (κ2) is 11.6. The van der Waals surface area contributed by atoms with E-state index in [1.807, 2.05) is 17.4 Å². The fraction of sp³-hybridized carbons (Fsp3) is 0.167. The minimum atomic E-state index is -0.325. The average Bonchev–Trinajstić information content (AvgIpc) is 3.84. The molecule has 2 atom stereocenters. The first-order valence-corrected chi connectivity index (χ1v) is 19.5. The van der Waals surface area contributed by atoms with Crippen molar-refractivity contribution in [2.24, 2.45) is 15.9 Å². The van der Waals surface area contributed by atoms with Crippen LogP contribution in [0.3, 0.4) is 0 Å². The summed E-state index contributed by atoms with van der Waals surface area (Å²) in [6, 6.07) is 37.3. The minimum Gasteiger partial charge on any atom is -0.456 e. The maximum atomic E-state index is 6.31. The first-order valence-electron chi connectivity index (χ1n) is 18.7. The zero-order valence-corrected chi connectivity index (χ0v) is 30.5. The fourth-order valence-corrected chi connectivity index (χ4v) is 10.1. The largest absolute Gasteiger partial charge is 0.456 e. The van der Waals surface area contributed by atoms with Crippen LogP contribution in [0.15, 0.2) is 142 Å². The van der Waals surface area contributed by atoms with E-state index in [1.165, 1.54) is 64.7 Å². The molecule has 4 nitrogen and oxygen atoms in total. The Labute approximate surface area is 312 Å². The Kier molecular flexibility index (Phi) is 6.75. The molecule has 0 amide bonds. The SMILES string of the molecule is CC1(C)c2cc(C3=CC=CC(C4=NC(c5ccc6sc7c(c6c5)C=CCC7)N=C(c5ccccc5)N4)C3)ccc2-c2cc3oc4ccccc4c3cc21. The lowest BCUT2D eigenvalue weighted by atomic mass is 9.80. The van der Waals surface area contributed by atoms with Gasteiger partial charge in [-0.15, -0.1) is 11.3 Å². The normalized spacial score (nSPS) is 19.8. The van der Waals surface area contributed by atoms with Crippen molar-refractivity contribution in [2.75, 3.05) is 0 Å². The molecule has 5 heteroatoms. The molecule has 11 rings (SSSR count). The molecule has 256 valence electrons. The van der Waals surface area contributed by atoms with Crippen molar-refractivity contribution < 1.29 is 4.42 Å². The molecule has 2 unspecified atom stereocenters. The van der Waals surface area contributed by atoms with Crippen molar-refractivity contribution >= 4 is 66.7 Å². The third kappa shape index (κ3) is 4.87. The van der Waals surface area contributed by atoms with Crippen molar-refractivity contribution in [3.05, 3.63) is 166 Å². The molecule has 4 aliphatic rings. The zero-order chi connectivity index (χ0) is 35.3. The molecule has 0 radical (unpaired) electrons. The molecule has 3 aliphatic carbocycles. The predicted molar refractivity (Wildman–Crippen MR) is 222 cm³/mol. The molecular formula is C48H37N3OS. The highest BCUT2D eigenvalue weighted by Crippen LogP contribution is 2.51. The first kappa shape index (κ1) is 30.8. The molecule has 2 aromatic heterocycles. The van der Waals surface area contributed by atoms with Gasteiger partial charge in [-0.2, -0.15) is 0 Å². The summed E-state index contributed by atoms with van der Waals surface area (Å²) >= 11 is 1.92. The highest BCUT2D eigenvalue weighted by atomic mass is 32.1. The highest BCUT2D eigenvalue weighted by molar-refractivity contribution is 7.19. The number of fused-ring (bicyclic) bond motifs is 9. The molecule has 0 bridgehead atoms. The second-order valence-corrected chi connectivity index (χ2v) is 16.4. The lowest BCUT2D eigenvalue weighted by molar-refractivity contribution is 0.657. The van der Waals surface area contributed by atoms with Crippen LogP contribution in [0.1, 0.15) is 71.1 Å². The standard InChI is InChI=1S/C48H37N3OS/c1-48(2)39-25-30(19-21-33(39)36-27-42-37(26-40(36)48)34-15-6-8-17-41(34)52-42)29-13-10-14-31(23-29)46-49-45(28-11-4-3-5-12-28)50-47(51-46)32-20-22-44-38(24-32)35-16-7-9-18-43(35)53-44/h3-8,10-17,19-22,24-27,31,47H,9,18,23H2,1-2H3,(H,49,50,51). The number of aliphatic imine (C=N–C) groups is 2. The van der Waals surface area contributed by atoms with E-state index >= 15 is 0 Å². The van der Waals surface area contributed by atoms with Gasteiger partial charge >= 0.3 is 0 Å². The smallest absolute Gasteiger partial charge is 0.169 e. The topological polar surface area (TPSA) is 49.9 Å². The number of hydrogen-bond acceptors (Lipinski definition) is 5. The quantitative estimate of drug-likeness (QED) is 0.198. The summed E-state index contributed by atoms with van der Waals surface area (Å²) in [5.41, 5.74) is 13.2. The Balaban J connectivity index is 0.935. The number of rotatable bonds is 4. The van der Waals surface area contributed by atoms with E-state index in [0.717, 1.165) is 53.2 Å². The van der Waals surface area contributed by atoms with Crippen LogP contribution in [-0.4, -0.2) is 11.7 Å². The Morgan fingerprint density at radius 3 is 2.57 bits per heavy atom. The van der Waals surface area contributed by atoms with E-state index in [4.69, 9.17) is 14.4 Å². The van der Waals surface area contributed by atoms with Crippen LogP contribution in [0.25, 0.3) is 54.8 Å². The fourth-order valence-electron chi connectivity index (χ4n) is 8.91. The lowest BCUT2D eigenvalue weighted by Crippen LogP contribution is -2.39. The number of allylic oxidation sites excluding steroid dienone is 4. The van der Waals surface area contributed by atoms with Crippen molar-refractivity contribution in [3.63, 3.8) is 0 Å². The Hall–Kier alpha value is -5.78. The van der Waals surface area contributed by atoms with Crippen LogP contribution in [0.5, 0.6) is 0 Å². The molecule has 53 heavy (non-hydrogen) atoms. The summed E-state index contributed by atoms with van der Waals surface area (Å²) in [5.74, 6) is 1.92. The van der Waals surface area contributed by atoms with Gasteiger partial charge in [-0.1, -0.05) is 111 Å². The van der Waals surface area contributed by atoms with Gasteiger partial charge < -0.3 is 9.73 Å². The summed E-state index contributed by atoms with van der Waals surface area (Å²) < 4.78 is 7.65. The van der Waals surface area contributed by atoms with Crippen LogP contribution in [-0.2, 0) is 11.8 Å². The monoisotopic (exact) mass is 703 g/mol. The predicted octanol–water partition coefficient (Wildman–Crippen LogP) is 12.2. The molecule has 5 aromatic carbocycles. The van der Waals surface area contributed by atoms with Gasteiger partial charge in [0.15, 0.2) is 6.17 Å². The number of thiophene rings is 1. The number of aryl methyl sites for hydroxylation is 1. The number of benzene rings is 5. The maximum Gasteiger partial charge on any atom is 0.169 e. The van der Waals surface area contributed by atoms with Gasteiger partial charge in [0.2, 0.25) is 0 Å². The third-order valence-electron chi connectivity index (χ3n) is 11.7.